The quantitative estimate of drug-likeness (QED) is 0.170. The van der Waals surface area contributed by atoms with Gasteiger partial charge in [-0.25, -0.2) is 14.8 Å². The number of carbonyl (C=O) groups is 1. The summed E-state index contributed by atoms with van der Waals surface area (Å²) >= 11 is 0. The second-order valence-electron chi connectivity index (χ2n) is 14.6. The summed E-state index contributed by atoms with van der Waals surface area (Å²) in [5.74, 6) is 2.58. The molecule has 3 atom stereocenters. The number of ether oxygens (including phenoxy) is 2. The number of carbonyl (C=O) groups excluding carboxylic acids is 1. The Hall–Kier alpha value is -5.35. The van der Waals surface area contributed by atoms with E-state index >= 15 is 0 Å². The molecule has 9 rings (SSSR count). The molecule has 3 aliphatic rings. The summed E-state index contributed by atoms with van der Waals surface area (Å²) in [4.78, 5) is 31.3. The minimum atomic E-state index is -0.552. The molecule has 0 spiro atoms. The molecule has 254 valence electrons. The molecule has 3 aromatic carbocycles. The number of hydrogen-bond donors (Lipinski definition) is 3. The number of fused-ring (bicyclic) bond motifs is 5. The molecule has 10 heteroatoms. The fourth-order valence-corrected chi connectivity index (χ4v) is 7.69. The van der Waals surface area contributed by atoms with E-state index in [1.807, 2.05) is 39.2 Å². The first-order valence-electron chi connectivity index (χ1n) is 17.6. The molecule has 6 aromatic rings. The number of rotatable bonds is 5. The smallest absolute Gasteiger partial charge is 0.410 e. The maximum absolute atomic E-state index is 13.0. The van der Waals surface area contributed by atoms with Crippen LogP contribution in [0.2, 0.25) is 0 Å². The van der Waals surface area contributed by atoms with E-state index < -0.39 is 5.60 Å². The number of imidazole rings is 2. The summed E-state index contributed by atoms with van der Waals surface area (Å²) in [6.07, 6.45) is 7.18. The average molecular weight is 668 g/mol. The van der Waals surface area contributed by atoms with Crippen LogP contribution < -0.4 is 10.1 Å². The van der Waals surface area contributed by atoms with Gasteiger partial charge in [0.15, 0.2) is 0 Å². The summed E-state index contributed by atoms with van der Waals surface area (Å²) in [6.45, 7) is 7.37. The molecule has 0 bridgehead atoms. The van der Waals surface area contributed by atoms with Crippen LogP contribution in [0.3, 0.4) is 0 Å². The van der Waals surface area contributed by atoms with E-state index in [0.717, 1.165) is 93.4 Å². The molecular weight excluding hydrogens is 626 g/mol. The van der Waals surface area contributed by atoms with E-state index in [2.05, 4.69) is 86.6 Å². The Morgan fingerprint density at radius 2 is 1.64 bits per heavy atom. The third kappa shape index (κ3) is 5.44. The number of aromatic amines is 2. The molecule has 1 unspecified atom stereocenters. The molecule has 6 heterocycles. The molecule has 2 saturated heterocycles. The van der Waals surface area contributed by atoms with E-state index in [1.165, 1.54) is 6.42 Å². The highest BCUT2D eigenvalue weighted by Gasteiger charge is 2.35. The summed E-state index contributed by atoms with van der Waals surface area (Å²) in [7, 11) is 0. The van der Waals surface area contributed by atoms with Gasteiger partial charge in [-0.2, -0.15) is 0 Å². The van der Waals surface area contributed by atoms with Gasteiger partial charge in [-0.15, -0.1) is 0 Å². The number of nitrogens with one attached hydrogen (secondary N) is 3. The minimum Gasteiger partial charge on any atom is -0.465 e. The monoisotopic (exact) mass is 667 g/mol. The van der Waals surface area contributed by atoms with Crippen molar-refractivity contribution in [1.29, 1.82) is 0 Å². The molecule has 3 aliphatic heterocycles. The lowest BCUT2D eigenvalue weighted by atomic mass is 10.0. The molecular formula is C40H41N7O3. The van der Waals surface area contributed by atoms with Gasteiger partial charge in [-0.1, -0.05) is 42.5 Å². The van der Waals surface area contributed by atoms with Crippen molar-refractivity contribution in [3.8, 4) is 39.5 Å². The lowest BCUT2D eigenvalue weighted by molar-refractivity contribution is 0.0218. The molecule has 50 heavy (non-hydrogen) atoms. The number of nitrogens with zero attached hydrogens (tertiary/aromatic N) is 4. The van der Waals surface area contributed by atoms with E-state index in [0.29, 0.717) is 12.6 Å². The minimum absolute atomic E-state index is 0.150. The van der Waals surface area contributed by atoms with Gasteiger partial charge >= 0.3 is 6.09 Å². The van der Waals surface area contributed by atoms with Crippen molar-refractivity contribution in [2.75, 3.05) is 13.1 Å². The topological polar surface area (TPSA) is 113 Å². The number of likely N-dealkylation sites (tertiary alicyclic amines) is 1. The molecule has 0 radical (unpaired) electrons. The summed E-state index contributed by atoms with van der Waals surface area (Å²) in [5, 5.41) is 4.67. The highest BCUT2D eigenvalue weighted by atomic mass is 16.6. The van der Waals surface area contributed by atoms with Crippen molar-refractivity contribution in [1.82, 2.24) is 34.7 Å². The van der Waals surface area contributed by atoms with Gasteiger partial charge in [0.05, 0.1) is 47.1 Å². The second kappa shape index (κ2) is 11.9. The van der Waals surface area contributed by atoms with Crippen LogP contribution in [0.15, 0.2) is 85.2 Å². The maximum Gasteiger partial charge on any atom is 0.410 e. The van der Waals surface area contributed by atoms with Crippen LogP contribution in [0, 0.1) is 0 Å². The van der Waals surface area contributed by atoms with Crippen molar-refractivity contribution < 1.29 is 14.3 Å². The van der Waals surface area contributed by atoms with Gasteiger partial charge in [-0.05, 0) is 83.3 Å². The number of H-pyrrole nitrogens is 2. The van der Waals surface area contributed by atoms with Crippen molar-refractivity contribution in [3.05, 3.63) is 102 Å². The maximum atomic E-state index is 13.0. The molecule has 10 nitrogen and oxygen atoms in total. The van der Waals surface area contributed by atoms with Crippen LogP contribution in [-0.4, -0.2) is 54.2 Å². The molecule has 0 aliphatic carbocycles. The van der Waals surface area contributed by atoms with Gasteiger partial charge in [0, 0.05) is 34.2 Å². The van der Waals surface area contributed by atoms with Crippen LogP contribution in [0.25, 0.3) is 44.7 Å². The Balaban J connectivity index is 1.06. The standard InChI is InChI=1S/C40H41N7O3/c1-40(2,3)50-39(48)46-18-8-12-33(46)37-43-23-31(45-37)26-13-15-28-34-20-27-19-25(30-22-42-36(44-30)29-11-7-17-41-29)14-16-32(27)47(34)38(49-35(28)21-26)24-9-5-4-6-10-24/h4-6,9-10,13-16,19-23,29,33,38,41H,7-8,11-12,17-18H2,1-3H3,(H,42,44)(H,43,45)/t29-,33-,38?/m0/s1. The zero-order valence-corrected chi connectivity index (χ0v) is 28.6. The molecule has 3 N–H and O–H groups in total. The van der Waals surface area contributed by atoms with Gasteiger partial charge < -0.3 is 29.3 Å². The predicted octanol–water partition coefficient (Wildman–Crippen LogP) is 8.52. The van der Waals surface area contributed by atoms with Crippen molar-refractivity contribution >= 4 is 17.0 Å². The average Bonchev–Trinajstić information content (AvgIpc) is 3.96. The number of benzene rings is 3. The zero-order valence-electron chi connectivity index (χ0n) is 28.6. The summed E-state index contributed by atoms with van der Waals surface area (Å²) < 4.78 is 14.9. The van der Waals surface area contributed by atoms with E-state index in [9.17, 15) is 4.79 Å². The fraction of sp³-hybridized carbons (Fsp3) is 0.325. The third-order valence-electron chi connectivity index (χ3n) is 10.1. The van der Waals surface area contributed by atoms with Crippen LogP contribution in [0.5, 0.6) is 5.75 Å². The van der Waals surface area contributed by atoms with Crippen LogP contribution >= 0.6 is 0 Å². The highest BCUT2D eigenvalue weighted by Crippen LogP contribution is 2.46. The fourth-order valence-electron chi connectivity index (χ4n) is 7.69. The summed E-state index contributed by atoms with van der Waals surface area (Å²) in [5.41, 5.74) is 7.72. The van der Waals surface area contributed by atoms with Crippen molar-refractivity contribution in [3.63, 3.8) is 0 Å². The van der Waals surface area contributed by atoms with Gasteiger partial charge in [0.2, 0.25) is 6.23 Å². The Morgan fingerprint density at radius 1 is 0.880 bits per heavy atom. The van der Waals surface area contributed by atoms with Gasteiger partial charge in [-0.3, -0.25) is 4.90 Å². The third-order valence-corrected chi connectivity index (χ3v) is 10.1. The van der Waals surface area contributed by atoms with Crippen molar-refractivity contribution in [2.45, 2.75) is 70.4 Å². The zero-order chi connectivity index (χ0) is 34.0. The van der Waals surface area contributed by atoms with E-state index in [-0.39, 0.29) is 18.4 Å². The number of hydrogen-bond acceptors (Lipinski definition) is 6. The van der Waals surface area contributed by atoms with E-state index in [4.69, 9.17) is 19.4 Å². The first-order valence-corrected chi connectivity index (χ1v) is 17.6. The normalized spacial score (nSPS) is 20.1. The highest BCUT2D eigenvalue weighted by molar-refractivity contribution is 5.92. The number of amides is 1. The van der Waals surface area contributed by atoms with Gasteiger partial charge in [0.25, 0.3) is 0 Å². The molecule has 2 fully saturated rings. The molecule has 1 amide bonds. The summed E-state index contributed by atoms with van der Waals surface area (Å²) in [6, 6.07) is 25.7. The Bertz CT molecular complexity index is 2200. The first kappa shape index (κ1) is 30.7. The van der Waals surface area contributed by atoms with Crippen LogP contribution in [0.4, 0.5) is 4.79 Å². The van der Waals surface area contributed by atoms with E-state index in [1.54, 1.807) is 4.90 Å². The lowest BCUT2D eigenvalue weighted by Crippen LogP contribution is -2.36. The van der Waals surface area contributed by atoms with Crippen molar-refractivity contribution in [2.24, 2.45) is 0 Å². The van der Waals surface area contributed by atoms with Crippen LogP contribution in [-0.2, 0) is 4.74 Å². The first-order chi connectivity index (χ1) is 24.3. The SMILES string of the molecule is CC(C)(C)OC(=O)N1CCC[C@H]1c1ncc(-c2ccc3c(c2)OC(c2ccccc2)n2c-3cc3cc(-c4cnc([C@@H]5CCCN5)[nH]4)ccc32)[nH]1. The van der Waals surface area contributed by atoms with Crippen LogP contribution in [0.1, 0.15) is 82.0 Å². The largest absolute Gasteiger partial charge is 0.465 e. The predicted molar refractivity (Wildman–Crippen MR) is 193 cm³/mol. The Kier molecular flexibility index (Phi) is 7.31. The molecule has 0 saturated carbocycles. The Labute approximate surface area is 290 Å². The lowest BCUT2D eigenvalue weighted by Gasteiger charge is -2.30. The van der Waals surface area contributed by atoms with Gasteiger partial charge in [0.1, 0.15) is 23.0 Å². The Morgan fingerprint density at radius 3 is 2.42 bits per heavy atom. The molecule has 3 aromatic heterocycles. The number of aromatic nitrogens is 5. The second-order valence-corrected chi connectivity index (χ2v) is 14.6.